The van der Waals surface area contributed by atoms with Crippen LogP contribution in [0.15, 0.2) is 16.6 Å². The summed E-state index contributed by atoms with van der Waals surface area (Å²) in [7, 11) is 3.01. The van der Waals surface area contributed by atoms with Gasteiger partial charge in [0.1, 0.15) is 16.0 Å². The number of methoxy groups -OCH3 is 2. The molecule has 7 heteroatoms. The van der Waals surface area contributed by atoms with Crippen LogP contribution in [0, 0.1) is 5.92 Å². The van der Waals surface area contributed by atoms with Crippen LogP contribution in [0.2, 0.25) is 0 Å². The van der Waals surface area contributed by atoms with E-state index < -0.39 is 5.97 Å². The van der Waals surface area contributed by atoms with Gasteiger partial charge in [-0.25, -0.2) is 0 Å². The molecule has 1 N–H and O–H groups in total. The molecule has 128 valence electrons. The topological polar surface area (TPSA) is 76.1 Å². The number of carboxylic acid groups (broad SMARTS) is 1. The molecule has 1 aromatic carbocycles. The standard InChI is InChI=1S/C16H22BrNO5/c1-10(2)9-18(6-5-14(19)20)16(21)11-7-12(22-3)15(17)13(8-11)23-4/h7-8,10H,5-6,9H2,1-4H3,(H,19,20). The van der Waals surface area contributed by atoms with Crippen LogP contribution in [0.25, 0.3) is 0 Å². The van der Waals surface area contributed by atoms with Crippen molar-refractivity contribution in [1.29, 1.82) is 0 Å². The van der Waals surface area contributed by atoms with E-state index in [1.54, 1.807) is 17.0 Å². The number of rotatable bonds is 8. The van der Waals surface area contributed by atoms with E-state index in [0.29, 0.717) is 28.1 Å². The number of ether oxygens (including phenoxy) is 2. The molecule has 0 saturated heterocycles. The summed E-state index contributed by atoms with van der Waals surface area (Å²) in [5.41, 5.74) is 0.396. The van der Waals surface area contributed by atoms with E-state index >= 15 is 0 Å². The fraction of sp³-hybridized carbons (Fsp3) is 0.500. The van der Waals surface area contributed by atoms with E-state index in [1.807, 2.05) is 13.8 Å². The third-order valence-electron chi connectivity index (χ3n) is 3.16. The molecule has 1 amide bonds. The molecule has 0 unspecified atom stereocenters. The first-order chi connectivity index (χ1) is 10.8. The lowest BCUT2D eigenvalue weighted by molar-refractivity contribution is -0.137. The van der Waals surface area contributed by atoms with Gasteiger partial charge < -0.3 is 19.5 Å². The van der Waals surface area contributed by atoms with Gasteiger partial charge in [0.15, 0.2) is 0 Å². The summed E-state index contributed by atoms with van der Waals surface area (Å²) in [5.74, 6) is 0.0134. The highest BCUT2D eigenvalue weighted by atomic mass is 79.9. The summed E-state index contributed by atoms with van der Waals surface area (Å²) in [6.07, 6.45) is -0.0940. The second-order valence-electron chi connectivity index (χ2n) is 5.48. The molecule has 0 saturated carbocycles. The number of hydrogen-bond acceptors (Lipinski definition) is 4. The van der Waals surface area contributed by atoms with E-state index in [0.717, 1.165) is 0 Å². The molecule has 0 radical (unpaired) electrons. The van der Waals surface area contributed by atoms with Gasteiger partial charge in [0, 0.05) is 18.7 Å². The minimum absolute atomic E-state index is 0.0940. The fourth-order valence-electron chi connectivity index (χ4n) is 2.12. The van der Waals surface area contributed by atoms with Crippen LogP contribution < -0.4 is 9.47 Å². The Bertz CT molecular complexity index is 549. The SMILES string of the molecule is COc1cc(C(=O)N(CCC(=O)O)CC(C)C)cc(OC)c1Br. The third-order valence-corrected chi connectivity index (χ3v) is 3.94. The molecule has 1 rings (SSSR count). The Labute approximate surface area is 144 Å². The molecular weight excluding hydrogens is 366 g/mol. The van der Waals surface area contributed by atoms with Crippen LogP contribution in [-0.2, 0) is 4.79 Å². The van der Waals surface area contributed by atoms with Crippen molar-refractivity contribution >= 4 is 27.8 Å². The van der Waals surface area contributed by atoms with Crippen LogP contribution in [0.5, 0.6) is 11.5 Å². The Morgan fingerprint density at radius 2 is 1.74 bits per heavy atom. The number of carbonyl (C=O) groups is 2. The van der Waals surface area contributed by atoms with Gasteiger partial charge in [0.25, 0.3) is 5.91 Å². The van der Waals surface area contributed by atoms with E-state index in [-0.39, 0.29) is 24.8 Å². The van der Waals surface area contributed by atoms with Crippen LogP contribution >= 0.6 is 15.9 Å². The predicted octanol–water partition coefficient (Wildman–Crippen LogP) is 3.04. The Morgan fingerprint density at radius 3 is 2.13 bits per heavy atom. The number of hydrogen-bond donors (Lipinski definition) is 1. The monoisotopic (exact) mass is 387 g/mol. The minimum atomic E-state index is -0.933. The third kappa shape index (κ3) is 5.42. The Kier molecular flexibility index (Phi) is 7.35. The molecule has 0 aliphatic rings. The molecule has 23 heavy (non-hydrogen) atoms. The molecule has 0 bridgehead atoms. The molecule has 0 aromatic heterocycles. The fourth-order valence-corrected chi connectivity index (χ4v) is 2.68. The quantitative estimate of drug-likeness (QED) is 0.741. The van der Waals surface area contributed by atoms with Crippen molar-refractivity contribution in [1.82, 2.24) is 4.90 Å². The first-order valence-corrected chi connectivity index (χ1v) is 8.02. The zero-order valence-electron chi connectivity index (χ0n) is 13.8. The summed E-state index contributed by atoms with van der Waals surface area (Å²) in [4.78, 5) is 25.1. The first-order valence-electron chi connectivity index (χ1n) is 7.22. The maximum Gasteiger partial charge on any atom is 0.305 e. The van der Waals surface area contributed by atoms with Crippen molar-refractivity contribution in [2.45, 2.75) is 20.3 Å². The van der Waals surface area contributed by atoms with Crippen molar-refractivity contribution in [2.75, 3.05) is 27.3 Å². The number of benzene rings is 1. The van der Waals surface area contributed by atoms with E-state index in [9.17, 15) is 9.59 Å². The largest absolute Gasteiger partial charge is 0.495 e. The Hall–Kier alpha value is -1.76. The minimum Gasteiger partial charge on any atom is -0.495 e. The van der Waals surface area contributed by atoms with Crippen molar-refractivity contribution in [2.24, 2.45) is 5.92 Å². The molecule has 1 aromatic rings. The maximum atomic E-state index is 12.7. The molecule has 0 aliphatic carbocycles. The Morgan fingerprint density at radius 1 is 1.22 bits per heavy atom. The smallest absolute Gasteiger partial charge is 0.305 e. The molecular formula is C16H22BrNO5. The zero-order valence-corrected chi connectivity index (χ0v) is 15.3. The second-order valence-corrected chi connectivity index (χ2v) is 6.28. The predicted molar refractivity (Wildman–Crippen MR) is 90.2 cm³/mol. The normalized spacial score (nSPS) is 10.5. The van der Waals surface area contributed by atoms with Crippen LogP contribution in [0.4, 0.5) is 0 Å². The van der Waals surface area contributed by atoms with Crippen molar-refractivity contribution in [3.05, 3.63) is 22.2 Å². The summed E-state index contributed by atoms with van der Waals surface area (Å²) in [6, 6.07) is 3.23. The van der Waals surface area contributed by atoms with Crippen molar-refractivity contribution < 1.29 is 24.2 Å². The Balaban J connectivity index is 3.13. The summed E-state index contributed by atoms with van der Waals surface area (Å²) in [6.45, 7) is 4.59. The highest BCUT2D eigenvalue weighted by Gasteiger charge is 2.21. The highest BCUT2D eigenvalue weighted by molar-refractivity contribution is 9.10. The summed E-state index contributed by atoms with van der Waals surface area (Å²) < 4.78 is 11.1. The summed E-state index contributed by atoms with van der Waals surface area (Å²) in [5, 5.41) is 8.87. The van der Waals surface area contributed by atoms with Crippen molar-refractivity contribution in [3.8, 4) is 11.5 Å². The zero-order chi connectivity index (χ0) is 17.6. The van der Waals surface area contributed by atoms with Gasteiger partial charge >= 0.3 is 5.97 Å². The summed E-state index contributed by atoms with van der Waals surface area (Å²) >= 11 is 3.36. The number of halogens is 1. The number of amides is 1. The maximum absolute atomic E-state index is 12.7. The van der Waals surface area contributed by atoms with Crippen molar-refractivity contribution in [3.63, 3.8) is 0 Å². The van der Waals surface area contributed by atoms with Gasteiger partial charge in [-0.1, -0.05) is 13.8 Å². The van der Waals surface area contributed by atoms with Crippen LogP contribution in [-0.4, -0.2) is 49.2 Å². The molecule has 0 atom stereocenters. The van der Waals surface area contributed by atoms with E-state index in [4.69, 9.17) is 14.6 Å². The molecule has 0 heterocycles. The first kappa shape index (κ1) is 19.3. The van der Waals surface area contributed by atoms with Gasteiger partial charge in [0.2, 0.25) is 0 Å². The van der Waals surface area contributed by atoms with Gasteiger partial charge in [-0.15, -0.1) is 0 Å². The molecule has 0 spiro atoms. The van der Waals surface area contributed by atoms with E-state index in [1.165, 1.54) is 14.2 Å². The highest BCUT2D eigenvalue weighted by Crippen LogP contribution is 2.36. The van der Waals surface area contributed by atoms with E-state index in [2.05, 4.69) is 15.9 Å². The number of nitrogens with zero attached hydrogens (tertiary/aromatic N) is 1. The average molecular weight is 388 g/mol. The van der Waals surface area contributed by atoms with Gasteiger partial charge in [0.05, 0.1) is 20.6 Å². The average Bonchev–Trinajstić information content (AvgIpc) is 2.50. The number of carbonyl (C=O) groups excluding carboxylic acids is 1. The van der Waals surface area contributed by atoms with Crippen LogP contribution in [0.3, 0.4) is 0 Å². The number of carboxylic acids is 1. The molecule has 6 nitrogen and oxygen atoms in total. The molecule has 0 aliphatic heterocycles. The molecule has 0 fully saturated rings. The van der Waals surface area contributed by atoms with Gasteiger partial charge in [-0.05, 0) is 34.0 Å². The van der Waals surface area contributed by atoms with Gasteiger partial charge in [-0.2, -0.15) is 0 Å². The lowest BCUT2D eigenvalue weighted by Gasteiger charge is -2.24. The lowest BCUT2D eigenvalue weighted by atomic mass is 10.1. The van der Waals surface area contributed by atoms with Gasteiger partial charge in [-0.3, -0.25) is 9.59 Å². The second kappa shape index (κ2) is 8.76. The van der Waals surface area contributed by atoms with Crippen LogP contribution in [0.1, 0.15) is 30.6 Å². The number of aliphatic carboxylic acids is 1. The lowest BCUT2D eigenvalue weighted by Crippen LogP contribution is -2.36.